The number of carbonyl (C=O) groups excluding carboxylic acids is 2. The average Bonchev–Trinajstić information content (AvgIpc) is 3.42. The Morgan fingerprint density at radius 1 is 1.20 bits per heavy atom. The van der Waals surface area contributed by atoms with Gasteiger partial charge >= 0.3 is 5.97 Å². The zero-order valence-electron chi connectivity index (χ0n) is 16.3. The summed E-state index contributed by atoms with van der Waals surface area (Å²) in [4.78, 5) is 26.1. The summed E-state index contributed by atoms with van der Waals surface area (Å²) >= 11 is 2.62. The minimum absolute atomic E-state index is 0.0494. The van der Waals surface area contributed by atoms with Gasteiger partial charge in [0.2, 0.25) is 0 Å². The first-order chi connectivity index (χ1) is 14.6. The molecule has 0 aliphatic heterocycles. The lowest BCUT2D eigenvalue weighted by Gasteiger charge is -2.09. The lowest BCUT2D eigenvalue weighted by atomic mass is 10.0. The average molecular weight is 439 g/mol. The second-order valence-corrected chi connectivity index (χ2v) is 7.80. The molecule has 3 aromatic rings. The summed E-state index contributed by atoms with van der Waals surface area (Å²) < 4.78 is 10.4. The number of esters is 1. The monoisotopic (exact) mass is 438 g/mol. The van der Waals surface area contributed by atoms with Gasteiger partial charge in [-0.25, -0.2) is 4.79 Å². The molecule has 0 bridgehead atoms. The van der Waals surface area contributed by atoms with E-state index in [9.17, 15) is 14.9 Å². The normalized spacial score (nSPS) is 10.9. The molecule has 0 unspecified atom stereocenters. The predicted octanol–water partition coefficient (Wildman–Crippen LogP) is 5.21. The van der Waals surface area contributed by atoms with Crippen LogP contribution in [0.5, 0.6) is 5.75 Å². The highest BCUT2D eigenvalue weighted by molar-refractivity contribution is 7.15. The van der Waals surface area contributed by atoms with E-state index < -0.39 is 11.9 Å². The van der Waals surface area contributed by atoms with Crippen molar-refractivity contribution >= 4 is 45.6 Å². The van der Waals surface area contributed by atoms with Crippen molar-refractivity contribution in [2.45, 2.75) is 6.92 Å². The third kappa shape index (κ3) is 4.76. The largest absolute Gasteiger partial charge is 0.497 e. The molecule has 2 aromatic heterocycles. The summed E-state index contributed by atoms with van der Waals surface area (Å²) in [6.45, 7) is 1.92. The Kier molecular flexibility index (Phi) is 7.01. The van der Waals surface area contributed by atoms with Crippen molar-refractivity contribution in [2.24, 2.45) is 0 Å². The molecule has 1 aromatic carbocycles. The van der Waals surface area contributed by atoms with Crippen LogP contribution >= 0.6 is 22.7 Å². The number of methoxy groups -OCH3 is 1. The van der Waals surface area contributed by atoms with Crippen LogP contribution in [-0.4, -0.2) is 25.6 Å². The van der Waals surface area contributed by atoms with Crippen LogP contribution in [0.3, 0.4) is 0 Å². The Morgan fingerprint density at radius 3 is 2.57 bits per heavy atom. The standard InChI is InChI=1S/C22H18N2O4S2/c1-3-28-22(26)19-18(14-6-8-16(27-2)9-7-14)13-30-21(19)24-20(25)15(12-23)11-17-5-4-10-29-17/h4-11,13H,3H2,1-2H3,(H,24,25)/b15-11+. The number of nitrogens with one attached hydrogen (secondary N) is 1. The van der Waals surface area contributed by atoms with E-state index in [1.54, 1.807) is 31.5 Å². The van der Waals surface area contributed by atoms with Crippen molar-refractivity contribution < 1.29 is 19.1 Å². The first-order valence-electron chi connectivity index (χ1n) is 8.97. The Hall–Kier alpha value is -3.41. The second-order valence-electron chi connectivity index (χ2n) is 5.94. The third-order valence-corrected chi connectivity index (χ3v) is 5.81. The molecule has 8 heteroatoms. The summed E-state index contributed by atoms with van der Waals surface area (Å²) in [6, 6.07) is 12.8. The Labute approximate surface area is 182 Å². The van der Waals surface area contributed by atoms with Gasteiger partial charge in [0.05, 0.1) is 13.7 Å². The zero-order chi connectivity index (χ0) is 21.5. The van der Waals surface area contributed by atoms with Gasteiger partial charge in [-0.3, -0.25) is 4.79 Å². The molecule has 152 valence electrons. The Balaban J connectivity index is 1.96. The number of anilines is 1. The van der Waals surface area contributed by atoms with E-state index in [2.05, 4.69) is 5.32 Å². The predicted molar refractivity (Wildman–Crippen MR) is 119 cm³/mol. The van der Waals surface area contributed by atoms with E-state index in [1.165, 1.54) is 28.7 Å². The summed E-state index contributed by atoms with van der Waals surface area (Å²) in [5.41, 5.74) is 1.63. The molecule has 0 atom stereocenters. The maximum absolute atomic E-state index is 12.7. The molecule has 0 spiro atoms. The second kappa shape index (κ2) is 9.87. The van der Waals surface area contributed by atoms with Crippen LogP contribution in [0.25, 0.3) is 17.2 Å². The quantitative estimate of drug-likeness (QED) is 0.311. The molecule has 0 saturated heterocycles. The lowest BCUT2D eigenvalue weighted by Crippen LogP contribution is -2.16. The van der Waals surface area contributed by atoms with Crippen molar-refractivity contribution in [1.82, 2.24) is 0 Å². The van der Waals surface area contributed by atoms with Crippen LogP contribution in [0.2, 0.25) is 0 Å². The van der Waals surface area contributed by atoms with E-state index in [-0.39, 0.29) is 17.7 Å². The number of carbonyl (C=O) groups is 2. The van der Waals surface area contributed by atoms with Crippen LogP contribution in [0.4, 0.5) is 5.00 Å². The molecule has 1 N–H and O–H groups in total. The highest BCUT2D eigenvalue weighted by Gasteiger charge is 2.23. The number of thiophene rings is 2. The maximum atomic E-state index is 12.7. The molecular weight excluding hydrogens is 420 g/mol. The topological polar surface area (TPSA) is 88.4 Å². The number of rotatable bonds is 7. The number of hydrogen-bond donors (Lipinski definition) is 1. The summed E-state index contributed by atoms with van der Waals surface area (Å²) in [6.07, 6.45) is 1.52. The van der Waals surface area contributed by atoms with Crippen molar-refractivity contribution in [3.63, 3.8) is 0 Å². The van der Waals surface area contributed by atoms with Crippen LogP contribution < -0.4 is 10.1 Å². The molecule has 0 radical (unpaired) electrons. The van der Waals surface area contributed by atoms with Crippen LogP contribution in [-0.2, 0) is 9.53 Å². The molecule has 1 amide bonds. The smallest absolute Gasteiger partial charge is 0.341 e. The first-order valence-corrected chi connectivity index (χ1v) is 10.7. The van der Waals surface area contributed by atoms with Gasteiger partial charge in [-0.15, -0.1) is 22.7 Å². The van der Waals surface area contributed by atoms with Crippen molar-refractivity contribution in [2.75, 3.05) is 19.0 Å². The van der Waals surface area contributed by atoms with E-state index in [1.807, 2.05) is 35.7 Å². The maximum Gasteiger partial charge on any atom is 0.341 e. The first kappa shape index (κ1) is 21.3. The van der Waals surface area contributed by atoms with Crippen LogP contribution in [0.15, 0.2) is 52.7 Å². The molecule has 2 heterocycles. The summed E-state index contributed by atoms with van der Waals surface area (Å²) in [5, 5.41) is 16.1. The van der Waals surface area contributed by atoms with E-state index >= 15 is 0 Å². The van der Waals surface area contributed by atoms with Crippen molar-refractivity contribution in [1.29, 1.82) is 5.26 Å². The molecule has 6 nitrogen and oxygen atoms in total. The van der Waals surface area contributed by atoms with Gasteiger partial charge in [0.1, 0.15) is 28.0 Å². The van der Waals surface area contributed by atoms with Gasteiger partial charge in [0.15, 0.2) is 0 Å². The highest BCUT2D eigenvalue weighted by Crippen LogP contribution is 2.37. The van der Waals surface area contributed by atoms with Crippen molar-refractivity contribution in [3.05, 3.63) is 63.2 Å². The SMILES string of the molecule is CCOC(=O)c1c(-c2ccc(OC)cc2)csc1NC(=O)/C(C#N)=C/c1cccs1. The van der Waals surface area contributed by atoms with E-state index in [4.69, 9.17) is 9.47 Å². The molecule has 0 saturated carbocycles. The zero-order valence-corrected chi connectivity index (χ0v) is 17.9. The minimum atomic E-state index is -0.584. The fourth-order valence-electron chi connectivity index (χ4n) is 2.67. The van der Waals surface area contributed by atoms with Gasteiger partial charge in [-0.1, -0.05) is 18.2 Å². The number of nitrogens with zero attached hydrogens (tertiary/aromatic N) is 1. The summed E-state index contributed by atoms with van der Waals surface area (Å²) in [5.74, 6) is -0.433. The van der Waals surface area contributed by atoms with Gasteiger partial charge in [0, 0.05) is 15.8 Å². The number of nitriles is 1. The molecule has 30 heavy (non-hydrogen) atoms. The molecule has 0 fully saturated rings. The Bertz CT molecular complexity index is 1110. The number of benzene rings is 1. The molecule has 0 aliphatic rings. The third-order valence-electron chi connectivity index (χ3n) is 4.09. The summed E-state index contributed by atoms with van der Waals surface area (Å²) in [7, 11) is 1.58. The number of ether oxygens (including phenoxy) is 2. The van der Waals surface area contributed by atoms with Gasteiger partial charge in [-0.05, 0) is 42.1 Å². The Morgan fingerprint density at radius 2 is 1.97 bits per heavy atom. The number of hydrogen-bond acceptors (Lipinski definition) is 7. The highest BCUT2D eigenvalue weighted by atomic mass is 32.1. The lowest BCUT2D eigenvalue weighted by molar-refractivity contribution is -0.112. The van der Waals surface area contributed by atoms with Crippen molar-refractivity contribution in [3.8, 4) is 22.9 Å². The van der Waals surface area contributed by atoms with Gasteiger partial charge in [-0.2, -0.15) is 5.26 Å². The van der Waals surface area contributed by atoms with E-state index in [0.717, 1.165) is 10.4 Å². The molecule has 3 rings (SSSR count). The van der Waals surface area contributed by atoms with Gasteiger partial charge < -0.3 is 14.8 Å². The number of amides is 1. The molecule has 0 aliphatic carbocycles. The van der Waals surface area contributed by atoms with Crippen LogP contribution in [0.1, 0.15) is 22.2 Å². The van der Waals surface area contributed by atoms with E-state index in [0.29, 0.717) is 16.3 Å². The van der Waals surface area contributed by atoms with Gasteiger partial charge in [0.25, 0.3) is 5.91 Å². The fourth-order valence-corrected chi connectivity index (χ4v) is 4.28. The fraction of sp³-hybridized carbons (Fsp3) is 0.136. The molecular formula is C22H18N2O4S2. The van der Waals surface area contributed by atoms with Crippen LogP contribution in [0, 0.1) is 11.3 Å². The minimum Gasteiger partial charge on any atom is -0.497 e.